The Morgan fingerprint density at radius 1 is 0.588 bits per heavy atom. The van der Waals surface area contributed by atoms with Crippen molar-refractivity contribution in [3.8, 4) is 0 Å². The first-order chi connectivity index (χ1) is 16.6. The summed E-state index contributed by atoms with van der Waals surface area (Å²) in [5.41, 5.74) is 4.54. The van der Waals surface area contributed by atoms with E-state index in [-0.39, 0.29) is 6.04 Å². The maximum Gasteiger partial charge on any atom is 0.172 e. The van der Waals surface area contributed by atoms with Crippen molar-refractivity contribution in [1.82, 2.24) is 4.57 Å². The molecule has 2 nitrogen and oxygen atoms in total. The lowest BCUT2D eigenvalue weighted by Gasteiger charge is -2.25. The Labute approximate surface area is 201 Å². The third-order valence-corrected chi connectivity index (χ3v) is 9.71. The third-order valence-electron chi connectivity index (χ3n) is 6.53. The van der Waals surface area contributed by atoms with Gasteiger partial charge in [0, 0.05) is 27.3 Å². The van der Waals surface area contributed by atoms with Crippen molar-refractivity contribution in [3.05, 3.63) is 150 Å². The highest BCUT2D eigenvalue weighted by Crippen LogP contribution is 2.45. The number of rotatable bonds is 6. The van der Waals surface area contributed by atoms with Crippen molar-refractivity contribution >= 4 is 23.1 Å². The summed E-state index contributed by atoms with van der Waals surface area (Å²) < 4.78 is 17.4. The van der Waals surface area contributed by atoms with Crippen molar-refractivity contribution in [2.24, 2.45) is 0 Å². The van der Waals surface area contributed by atoms with E-state index in [0.29, 0.717) is 0 Å². The maximum atomic E-state index is 15.1. The van der Waals surface area contributed by atoms with E-state index in [1.54, 1.807) is 0 Å². The first kappa shape index (κ1) is 22.2. The van der Waals surface area contributed by atoms with Gasteiger partial charge in [-0.2, -0.15) is 0 Å². The second-order valence-electron chi connectivity index (χ2n) is 8.63. The number of nitrogens with zero attached hydrogens (tertiary/aromatic N) is 1. The first-order valence-electron chi connectivity index (χ1n) is 11.6. The Kier molecular flexibility index (Phi) is 6.09. The molecule has 0 saturated heterocycles. The molecule has 34 heavy (non-hydrogen) atoms. The molecule has 168 valence electrons. The van der Waals surface area contributed by atoms with Gasteiger partial charge in [0.1, 0.15) is 0 Å². The number of aryl methyl sites for hydroxylation is 1. The van der Waals surface area contributed by atoms with Crippen molar-refractivity contribution in [3.63, 3.8) is 0 Å². The Morgan fingerprint density at radius 3 is 1.38 bits per heavy atom. The Hall–Kier alpha value is -3.61. The van der Waals surface area contributed by atoms with Gasteiger partial charge in [0.25, 0.3) is 0 Å². The van der Waals surface area contributed by atoms with Gasteiger partial charge in [-0.1, -0.05) is 121 Å². The van der Waals surface area contributed by atoms with Gasteiger partial charge in [-0.3, -0.25) is 0 Å². The summed E-state index contributed by atoms with van der Waals surface area (Å²) in [6.45, 7) is 4.23. The Morgan fingerprint density at radius 2 is 0.971 bits per heavy atom. The summed E-state index contributed by atoms with van der Waals surface area (Å²) >= 11 is 0. The fourth-order valence-electron chi connectivity index (χ4n) is 4.94. The highest BCUT2D eigenvalue weighted by Gasteiger charge is 2.34. The molecule has 4 aromatic carbocycles. The van der Waals surface area contributed by atoms with Crippen LogP contribution in [0, 0.1) is 13.8 Å². The maximum absolute atomic E-state index is 15.1. The molecule has 3 heteroatoms. The van der Waals surface area contributed by atoms with Crippen LogP contribution in [0.25, 0.3) is 0 Å². The average molecular weight is 462 g/mol. The Bertz CT molecular complexity index is 1340. The molecular weight excluding hydrogens is 433 g/mol. The van der Waals surface area contributed by atoms with Crippen LogP contribution in [-0.2, 0) is 4.57 Å². The lowest BCUT2D eigenvalue weighted by molar-refractivity contribution is 0.592. The van der Waals surface area contributed by atoms with Gasteiger partial charge in [-0.25, -0.2) is 0 Å². The second kappa shape index (κ2) is 9.33. The molecule has 5 aromatic rings. The van der Waals surface area contributed by atoms with E-state index in [2.05, 4.69) is 73.0 Å². The summed E-state index contributed by atoms with van der Waals surface area (Å²) in [5, 5.41) is 2.62. The van der Waals surface area contributed by atoms with Crippen LogP contribution in [-0.4, -0.2) is 4.57 Å². The van der Waals surface area contributed by atoms with Gasteiger partial charge in [-0.05, 0) is 31.0 Å². The lowest BCUT2D eigenvalue weighted by atomic mass is 9.98. The van der Waals surface area contributed by atoms with Crippen LogP contribution >= 0.6 is 7.14 Å². The van der Waals surface area contributed by atoms with Crippen molar-refractivity contribution in [2.45, 2.75) is 19.9 Å². The molecular formula is C31H28NOP. The molecule has 0 unspecified atom stereocenters. The molecule has 1 heterocycles. The number of hydrogen-bond acceptors (Lipinski definition) is 1. The van der Waals surface area contributed by atoms with Crippen molar-refractivity contribution < 1.29 is 4.57 Å². The van der Waals surface area contributed by atoms with Crippen LogP contribution in [0.2, 0.25) is 0 Å². The summed E-state index contributed by atoms with van der Waals surface area (Å²) in [4.78, 5) is 0. The van der Waals surface area contributed by atoms with Gasteiger partial charge in [0.15, 0.2) is 7.14 Å². The number of benzene rings is 4. The molecule has 0 atom stereocenters. The summed E-state index contributed by atoms with van der Waals surface area (Å²) in [6.07, 6.45) is 0. The zero-order valence-electron chi connectivity index (χ0n) is 19.5. The predicted molar refractivity (Wildman–Crippen MR) is 143 cm³/mol. The van der Waals surface area contributed by atoms with E-state index >= 15 is 4.57 Å². The highest BCUT2D eigenvalue weighted by atomic mass is 31.2. The van der Waals surface area contributed by atoms with E-state index in [0.717, 1.165) is 27.3 Å². The van der Waals surface area contributed by atoms with Gasteiger partial charge >= 0.3 is 0 Å². The molecule has 0 aliphatic rings. The molecule has 5 rings (SSSR count). The minimum absolute atomic E-state index is 0.00357. The molecule has 0 saturated carbocycles. The minimum Gasteiger partial charge on any atom is -0.337 e. The zero-order valence-corrected chi connectivity index (χ0v) is 20.4. The monoisotopic (exact) mass is 461 g/mol. The fraction of sp³-hybridized carbons (Fsp3) is 0.0968. The molecule has 0 aliphatic carbocycles. The summed E-state index contributed by atoms with van der Waals surface area (Å²) in [7, 11) is -3.06. The smallest absolute Gasteiger partial charge is 0.172 e. The van der Waals surface area contributed by atoms with Crippen LogP contribution < -0.4 is 15.9 Å². The average Bonchev–Trinajstić information content (AvgIpc) is 3.20. The molecule has 0 N–H and O–H groups in total. The van der Waals surface area contributed by atoms with E-state index in [1.165, 1.54) is 11.1 Å². The normalized spacial score (nSPS) is 11.6. The molecule has 1 aromatic heterocycles. The number of aromatic nitrogens is 1. The standard InChI is InChI=1S/C31H28NOP/c1-24-23-30(34(33,28-19-11-5-12-20-28)29-21-13-6-14-22-29)25(2)32(24)31(26-15-7-3-8-16-26)27-17-9-4-10-18-27/h3-23,31H,1-2H3. The summed E-state index contributed by atoms with van der Waals surface area (Å²) in [5.74, 6) is 0. The van der Waals surface area contributed by atoms with E-state index < -0.39 is 7.14 Å². The second-order valence-corrected chi connectivity index (χ2v) is 11.4. The largest absolute Gasteiger partial charge is 0.337 e. The quantitative estimate of drug-likeness (QED) is 0.269. The van der Waals surface area contributed by atoms with E-state index in [9.17, 15) is 0 Å². The summed E-state index contributed by atoms with van der Waals surface area (Å²) in [6, 6.07) is 43.0. The topological polar surface area (TPSA) is 22.0 Å². The van der Waals surface area contributed by atoms with E-state index in [4.69, 9.17) is 0 Å². The molecule has 0 bridgehead atoms. The molecule has 0 radical (unpaired) electrons. The van der Waals surface area contributed by atoms with Crippen molar-refractivity contribution in [1.29, 1.82) is 0 Å². The highest BCUT2D eigenvalue weighted by molar-refractivity contribution is 7.85. The Balaban J connectivity index is 1.77. The van der Waals surface area contributed by atoms with Gasteiger partial charge in [0.05, 0.1) is 6.04 Å². The zero-order chi connectivity index (χ0) is 23.5. The van der Waals surface area contributed by atoms with Gasteiger partial charge in [-0.15, -0.1) is 0 Å². The van der Waals surface area contributed by atoms with Crippen LogP contribution in [0.1, 0.15) is 28.6 Å². The number of hydrogen-bond donors (Lipinski definition) is 0. The fourth-order valence-corrected chi connectivity index (χ4v) is 7.91. The van der Waals surface area contributed by atoms with E-state index in [1.807, 2.05) is 72.8 Å². The molecule has 0 spiro atoms. The van der Waals surface area contributed by atoms with Crippen LogP contribution in [0.5, 0.6) is 0 Å². The molecule has 0 fully saturated rings. The third kappa shape index (κ3) is 3.85. The minimum atomic E-state index is -3.06. The van der Waals surface area contributed by atoms with Gasteiger partial charge in [0.2, 0.25) is 0 Å². The first-order valence-corrected chi connectivity index (χ1v) is 13.3. The molecule has 0 aliphatic heterocycles. The van der Waals surface area contributed by atoms with Gasteiger partial charge < -0.3 is 9.13 Å². The predicted octanol–water partition coefficient (Wildman–Crippen LogP) is 6.38. The van der Waals surface area contributed by atoms with Crippen molar-refractivity contribution in [2.75, 3.05) is 0 Å². The van der Waals surface area contributed by atoms with Crippen LogP contribution in [0.3, 0.4) is 0 Å². The SMILES string of the molecule is Cc1cc(P(=O)(c2ccccc2)c2ccccc2)c(C)n1C(c1ccccc1)c1ccccc1. The van der Waals surface area contributed by atoms with Crippen LogP contribution in [0.4, 0.5) is 0 Å². The lowest BCUT2D eigenvalue weighted by Crippen LogP contribution is -2.26. The molecule has 0 amide bonds. The van der Waals surface area contributed by atoms with Crippen LogP contribution in [0.15, 0.2) is 127 Å².